The van der Waals surface area contributed by atoms with Crippen molar-refractivity contribution in [1.82, 2.24) is 15.4 Å². The summed E-state index contributed by atoms with van der Waals surface area (Å²) in [5, 5.41) is 7.07. The first kappa shape index (κ1) is 18.5. The first-order valence-electron chi connectivity index (χ1n) is 10.6. The van der Waals surface area contributed by atoms with Crippen LogP contribution in [0.25, 0.3) is 0 Å². The van der Waals surface area contributed by atoms with Crippen molar-refractivity contribution in [3.8, 4) is 0 Å². The number of nitrogens with zero attached hydrogens (tertiary/aromatic N) is 2. The van der Waals surface area contributed by atoms with Crippen LogP contribution in [0.4, 0.5) is 0 Å². The van der Waals surface area contributed by atoms with Crippen LogP contribution >= 0.6 is 0 Å². The van der Waals surface area contributed by atoms with Crippen LogP contribution in [0.5, 0.6) is 0 Å². The Morgan fingerprint density at radius 2 is 1.85 bits per heavy atom. The molecule has 1 aromatic rings. The minimum Gasteiger partial charge on any atom is -0.360 e. The number of nitrogens with one attached hydrogen (secondary N) is 1. The van der Waals surface area contributed by atoms with Gasteiger partial charge in [-0.3, -0.25) is 9.59 Å². The van der Waals surface area contributed by atoms with Crippen molar-refractivity contribution in [3.63, 3.8) is 0 Å². The summed E-state index contributed by atoms with van der Waals surface area (Å²) in [4.78, 5) is 27.6. The van der Waals surface area contributed by atoms with E-state index in [9.17, 15) is 9.59 Å². The first-order valence-corrected chi connectivity index (χ1v) is 10.6. The van der Waals surface area contributed by atoms with Crippen LogP contribution in [0.2, 0.25) is 0 Å². The van der Waals surface area contributed by atoms with Gasteiger partial charge in [-0.25, -0.2) is 0 Å². The SMILES string of the molecule is CC1C(NC(=O)c2cc(C3CC3)on2)CCN(C(=O)C2CCCCC2)C1C. The maximum atomic E-state index is 12.9. The van der Waals surface area contributed by atoms with E-state index in [4.69, 9.17) is 4.52 Å². The highest BCUT2D eigenvalue weighted by Crippen LogP contribution is 2.40. The third kappa shape index (κ3) is 3.90. The summed E-state index contributed by atoms with van der Waals surface area (Å²) in [5.41, 5.74) is 0.373. The molecule has 1 aliphatic heterocycles. The molecule has 2 amide bonds. The molecule has 0 spiro atoms. The van der Waals surface area contributed by atoms with Crippen molar-refractivity contribution >= 4 is 11.8 Å². The Morgan fingerprint density at radius 3 is 2.56 bits per heavy atom. The summed E-state index contributed by atoms with van der Waals surface area (Å²) in [6.45, 7) is 4.97. The molecule has 0 aromatic carbocycles. The standard InChI is InChI=1S/C21H31N3O3/c1-13-14(2)24(21(26)16-6-4-3-5-7-16)11-10-17(13)22-20(25)18-12-19(27-23-18)15-8-9-15/h12-17H,3-11H2,1-2H3,(H,22,25). The monoisotopic (exact) mass is 373 g/mol. The smallest absolute Gasteiger partial charge is 0.273 e. The summed E-state index contributed by atoms with van der Waals surface area (Å²) in [5.74, 6) is 1.85. The largest absolute Gasteiger partial charge is 0.360 e. The number of carbonyl (C=O) groups is 2. The summed E-state index contributed by atoms with van der Waals surface area (Å²) in [6.07, 6.45) is 8.72. The Kier molecular flexibility index (Phi) is 5.24. The first-order chi connectivity index (χ1) is 13.0. The highest BCUT2D eigenvalue weighted by molar-refractivity contribution is 5.92. The zero-order valence-corrected chi connectivity index (χ0v) is 16.4. The molecular weight excluding hydrogens is 342 g/mol. The normalized spacial score (nSPS) is 29.6. The van der Waals surface area contributed by atoms with E-state index in [2.05, 4.69) is 29.2 Å². The van der Waals surface area contributed by atoms with Gasteiger partial charge in [0.15, 0.2) is 5.69 Å². The van der Waals surface area contributed by atoms with E-state index in [1.807, 2.05) is 0 Å². The molecular formula is C21H31N3O3. The molecule has 3 aliphatic rings. The molecule has 1 aromatic heterocycles. The Bertz CT molecular complexity index is 691. The van der Waals surface area contributed by atoms with E-state index >= 15 is 0 Å². The molecule has 1 N–H and O–H groups in total. The number of hydrogen-bond acceptors (Lipinski definition) is 4. The number of likely N-dealkylation sites (tertiary alicyclic amines) is 1. The Balaban J connectivity index is 1.35. The molecule has 3 atom stereocenters. The molecule has 1 saturated heterocycles. The number of piperidine rings is 1. The lowest BCUT2D eigenvalue weighted by molar-refractivity contribution is -0.141. The van der Waals surface area contributed by atoms with Crippen LogP contribution in [-0.4, -0.2) is 40.5 Å². The molecule has 2 saturated carbocycles. The molecule has 3 fully saturated rings. The molecule has 148 valence electrons. The average molecular weight is 373 g/mol. The molecule has 4 rings (SSSR count). The highest BCUT2D eigenvalue weighted by atomic mass is 16.5. The minimum absolute atomic E-state index is 0.0592. The highest BCUT2D eigenvalue weighted by Gasteiger charge is 2.38. The summed E-state index contributed by atoms with van der Waals surface area (Å²) >= 11 is 0. The third-order valence-electron chi connectivity index (χ3n) is 6.86. The van der Waals surface area contributed by atoms with Crippen molar-refractivity contribution in [2.45, 2.75) is 83.2 Å². The van der Waals surface area contributed by atoms with Gasteiger partial charge < -0.3 is 14.7 Å². The van der Waals surface area contributed by atoms with Gasteiger partial charge in [0, 0.05) is 36.5 Å². The summed E-state index contributed by atoms with van der Waals surface area (Å²) in [6, 6.07) is 1.98. The lowest BCUT2D eigenvalue weighted by Crippen LogP contribution is -2.57. The van der Waals surface area contributed by atoms with E-state index in [-0.39, 0.29) is 29.8 Å². The van der Waals surface area contributed by atoms with Gasteiger partial charge in [0.05, 0.1) is 0 Å². The third-order valence-corrected chi connectivity index (χ3v) is 6.86. The number of amides is 2. The minimum atomic E-state index is -0.165. The van der Waals surface area contributed by atoms with Gasteiger partial charge in [-0.15, -0.1) is 0 Å². The van der Waals surface area contributed by atoms with Crippen molar-refractivity contribution in [2.24, 2.45) is 11.8 Å². The molecule has 2 heterocycles. The van der Waals surface area contributed by atoms with Crippen LogP contribution in [0.1, 0.15) is 87.4 Å². The zero-order chi connectivity index (χ0) is 19.0. The van der Waals surface area contributed by atoms with Crippen LogP contribution in [0.3, 0.4) is 0 Å². The van der Waals surface area contributed by atoms with E-state index in [1.54, 1.807) is 6.07 Å². The molecule has 27 heavy (non-hydrogen) atoms. The van der Waals surface area contributed by atoms with Crippen LogP contribution in [-0.2, 0) is 4.79 Å². The molecule has 0 bridgehead atoms. The van der Waals surface area contributed by atoms with Gasteiger partial charge in [-0.05, 0) is 44.9 Å². The van der Waals surface area contributed by atoms with Gasteiger partial charge >= 0.3 is 0 Å². The fourth-order valence-corrected chi connectivity index (χ4v) is 4.66. The maximum absolute atomic E-state index is 12.9. The van der Waals surface area contributed by atoms with Crippen LogP contribution in [0, 0.1) is 11.8 Å². The number of hydrogen-bond donors (Lipinski definition) is 1. The van der Waals surface area contributed by atoms with Crippen molar-refractivity contribution in [3.05, 3.63) is 17.5 Å². The fraction of sp³-hybridized carbons (Fsp3) is 0.762. The zero-order valence-electron chi connectivity index (χ0n) is 16.4. The van der Waals surface area contributed by atoms with Crippen LogP contribution in [0.15, 0.2) is 10.6 Å². The number of rotatable bonds is 4. The predicted molar refractivity (Wildman–Crippen MR) is 101 cm³/mol. The predicted octanol–water partition coefficient (Wildman–Crippen LogP) is 3.49. The fourth-order valence-electron chi connectivity index (χ4n) is 4.66. The molecule has 2 aliphatic carbocycles. The van der Waals surface area contributed by atoms with Crippen molar-refractivity contribution in [1.29, 1.82) is 0 Å². The Hall–Kier alpha value is -1.85. The molecule has 6 heteroatoms. The average Bonchev–Trinajstić information content (AvgIpc) is 3.42. The lowest BCUT2D eigenvalue weighted by atomic mass is 9.83. The van der Waals surface area contributed by atoms with E-state index in [0.717, 1.165) is 44.4 Å². The Labute approximate surface area is 161 Å². The quantitative estimate of drug-likeness (QED) is 0.877. The summed E-state index contributed by atoms with van der Waals surface area (Å²) < 4.78 is 5.30. The second-order valence-corrected chi connectivity index (χ2v) is 8.72. The number of carbonyl (C=O) groups excluding carboxylic acids is 2. The van der Waals surface area contributed by atoms with Gasteiger partial charge in [0.1, 0.15) is 5.76 Å². The van der Waals surface area contributed by atoms with Crippen molar-refractivity contribution in [2.75, 3.05) is 6.54 Å². The van der Waals surface area contributed by atoms with E-state index < -0.39 is 0 Å². The van der Waals surface area contributed by atoms with Gasteiger partial charge in [0.2, 0.25) is 5.91 Å². The molecule has 3 unspecified atom stereocenters. The molecule has 6 nitrogen and oxygen atoms in total. The maximum Gasteiger partial charge on any atom is 0.273 e. The second-order valence-electron chi connectivity index (χ2n) is 8.72. The number of aromatic nitrogens is 1. The Morgan fingerprint density at radius 1 is 1.11 bits per heavy atom. The van der Waals surface area contributed by atoms with Crippen LogP contribution < -0.4 is 5.32 Å². The second kappa shape index (κ2) is 7.64. The topological polar surface area (TPSA) is 75.4 Å². The lowest BCUT2D eigenvalue weighted by Gasteiger charge is -2.44. The van der Waals surface area contributed by atoms with Crippen molar-refractivity contribution < 1.29 is 14.1 Å². The van der Waals surface area contributed by atoms with E-state index in [1.165, 1.54) is 19.3 Å². The van der Waals surface area contributed by atoms with Gasteiger partial charge in [0.25, 0.3) is 5.91 Å². The van der Waals surface area contributed by atoms with E-state index in [0.29, 0.717) is 17.5 Å². The molecule has 0 radical (unpaired) electrons. The summed E-state index contributed by atoms with van der Waals surface area (Å²) in [7, 11) is 0. The van der Waals surface area contributed by atoms with Gasteiger partial charge in [-0.2, -0.15) is 0 Å². The van der Waals surface area contributed by atoms with Gasteiger partial charge in [-0.1, -0.05) is 31.3 Å².